The second-order valence-electron chi connectivity index (χ2n) is 7.79. The van der Waals surface area contributed by atoms with Crippen LogP contribution in [-0.4, -0.2) is 34.4 Å². The summed E-state index contributed by atoms with van der Waals surface area (Å²) in [6, 6.07) is 17.9. The van der Waals surface area contributed by atoms with Gasteiger partial charge in [0.2, 0.25) is 9.84 Å². The molecule has 38 heavy (non-hydrogen) atoms. The molecule has 0 spiro atoms. The maximum Gasteiger partial charge on any atom is 0.298 e. The third kappa shape index (κ3) is 6.02. The number of halogens is 2. The second kappa shape index (κ2) is 10.3. The molecule has 0 aliphatic rings. The Labute approximate surface area is 228 Å². The number of sulfone groups is 1. The Bertz CT molecular complexity index is 1850. The zero-order valence-corrected chi connectivity index (χ0v) is 22.8. The number of rotatable bonds is 7. The fourth-order valence-corrected chi connectivity index (χ4v) is 6.55. The van der Waals surface area contributed by atoms with Crippen molar-refractivity contribution in [3.05, 3.63) is 95.0 Å². The number of benzene rings is 4. The van der Waals surface area contributed by atoms with Crippen LogP contribution in [0, 0.1) is 0 Å². The van der Waals surface area contributed by atoms with Gasteiger partial charge in [0.15, 0.2) is 0 Å². The summed E-state index contributed by atoms with van der Waals surface area (Å²) in [5.41, 5.74) is 0.690. The van der Waals surface area contributed by atoms with E-state index in [1.54, 1.807) is 0 Å². The Morgan fingerprint density at radius 2 is 1.16 bits per heavy atom. The molecule has 0 heterocycles. The van der Waals surface area contributed by atoms with Crippen LogP contribution in [0.2, 0.25) is 10.0 Å². The Morgan fingerprint density at radius 1 is 0.579 bits per heavy atom. The first-order chi connectivity index (χ1) is 17.7. The highest BCUT2D eigenvalue weighted by Crippen LogP contribution is 2.35. The van der Waals surface area contributed by atoms with Gasteiger partial charge in [0.1, 0.15) is 16.4 Å². The standard InChI is InChI=1S/C24H16Cl2O9S3/c25-17-4-11-21(26)23(14-17)36(27,28)19-9-5-18(6-10-19)35-22-12-3-16(13-24(22)38(32,33)34)15-1-7-20(8-2-15)37(29,30)31/h1-14H,(H,29,30,31)(H,32,33,34). The van der Waals surface area contributed by atoms with Crippen molar-refractivity contribution >= 4 is 53.3 Å². The SMILES string of the molecule is O=S(=O)(O)c1ccc(-c2ccc(Oc3ccc(S(=O)(=O)c4cc(Cl)ccc4Cl)cc3)c(S(=O)(=O)O)c2)cc1. The molecule has 0 radical (unpaired) electrons. The zero-order chi connectivity index (χ0) is 27.9. The molecule has 4 aromatic rings. The number of hydrogen-bond acceptors (Lipinski definition) is 7. The smallest absolute Gasteiger partial charge is 0.298 e. The van der Waals surface area contributed by atoms with E-state index in [-0.39, 0.29) is 36.2 Å². The summed E-state index contributed by atoms with van der Waals surface area (Å²) in [5.74, 6) is -0.185. The highest BCUT2D eigenvalue weighted by Gasteiger charge is 2.23. The van der Waals surface area contributed by atoms with Gasteiger partial charge in [0.05, 0.1) is 19.7 Å². The predicted octanol–water partition coefficient (Wildman–Crippen LogP) is 5.78. The number of hydrogen-bond donors (Lipinski definition) is 2. The lowest BCUT2D eigenvalue weighted by atomic mass is 10.1. The van der Waals surface area contributed by atoms with Gasteiger partial charge in [-0.3, -0.25) is 9.11 Å². The van der Waals surface area contributed by atoms with E-state index in [1.165, 1.54) is 66.7 Å². The predicted molar refractivity (Wildman–Crippen MR) is 140 cm³/mol. The average molecular weight is 615 g/mol. The summed E-state index contributed by atoms with van der Waals surface area (Å²) in [6.45, 7) is 0. The van der Waals surface area contributed by atoms with E-state index >= 15 is 0 Å². The van der Waals surface area contributed by atoms with Gasteiger partial charge in [-0.2, -0.15) is 16.8 Å². The Morgan fingerprint density at radius 3 is 1.74 bits per heavy atom. The third-order valence-corrected chi connectivity index (χ3v) is 9.48. The first kappa shape index (κ1) is 28.0. The molecule has 0 saturated carbocycles. The van der Waals surface area contributed by atoms with Crippen molar-refractivity contribution in [2.24, 2.45) is 0 Å². The van der Waals surface area contributed by atoms with Gasteiger partial charge in [0, 0.05) is 5.02 Å². The summed E-state index contributed by atoms with van der Waals surface area (Å²) in [6.07, 6.45) is 0. The lowest BCUT2D eigenvalue weighted by molar-refractivity contribution is 0.450. The first-order valence-corrected chi connectivity index (χ1v) is 15.5. The zero-order valence-electron chi connectivity index (χ0n) is 18.8. The molecule has 14 heteroatoms. The van der Waals surface area contributed by atoms with Crippen LogP contribution in [0.15, 0.2) is 105 Å². The van der Waals surface area contributed by atoms with Gasteiger partial charge in [-0.25, -0.2) is 8.42 Å². The maximum absolute atomic E-state index is 13.0. The molecule has 198 valence electrons. The van der Waals surface area contributed by atoms with E-state index < -0.39 is 35.0 Å². The third-order valence-electron chi connectivity index (χ3n) is 5.25. The summed E-state index contributed by atoms with van der Waals surface area (Å²) in [4.78, 5) is -1.24. The maximum atomic E-state index is 13.0. The molecule has 0 unspecified atom stereocenters. The minimum absolute atomic E-state index is 0.0137. The van der Waals surface area contributed by atoms with Crippen LogP contribution in [0.25, 0.3) is 11.1 Å². The van der Waals surface area contributed by atoms with E-state index in [0.29, 0.717) is 11.1 Å². The van der Waals surface area contributed by atoms with Gasteiger partial charge >= 0.3 is 0 Å². The summed E-state index contributed by atoms with van der Waals surface area (Å²) in [7, 11) is -13.2. The largest absolute Gasteiger partial charge is 0.456 e. The van der Waals surface area contributed by atoms with E-state index in [2.05, 4.69) is 0 Å². The molecule has 4 aromatic carbocycles. The van der Waals surface area contributed by atoms with Gasteiger partial charge < -0.3 is 4.74 Å². The van der Waals surface area contributed by atoms with Crippen LogP contribution in [0.4, 0.5) is 0 Å². The first-order valence-electron chi connectivity index (χ1n) is 10.3. The molecule has 9 nitrogen and oxygen atoms in total. The lowest BCUT2D eigenvalue weighted by Gasteiger charge is -2.12. The van der Waals surface area contributed by atoms with Crippen LogP contribution >= 0.6 is 23.2 Å². The van der Waals surface area contributed by atoms with Crippen LogP contribution in [0.1, 0.15) is 0 Å². The second-order valence-corrected chi connectivity index (χ2v) is 13.4. The van der Waals surface area contributed by atoms with Crippen LogP contribution in [-0.2, 0) is 30.1 Å². The molecule has 0 fully saturated rings. The molecule has 0 aliphatic heterocycles. The molecule has 0 saturated heterocycles. The Kier molecular flexibility index (Phi) is 7.60. The van der Waals surface area contributed by atoms with E-state index in [1.807, 2.05) is 0 Å². The summed E-state index contributed by atoms with van der Waals surface area (Å²) < 4.78 is 97.1. The molecular formula is C24H16Cl2O9S3. The van der Waals surface area contributed by atoms with E-state index in [0.717, 1.165) is 18.2 Å². The average Bonchev–Trinajstić information content (AvgIpc) is 2.85. The van der Waals surface area contributed by atoms with Gasteiger partial charge in [-0.05, 0) is 77.9 Å². The minimum Gasteiger partial charge on any atom is -0.456 e. The minimum atomic E-state index is -4.78. The van der Waals surface area contributed by atoms with Gasteiger partial charge in [-0.15, -0.1) is 0 Å². The van der Waals surface area contributed by atoms with Crippen LogP contribution in [0.3, 0.4) is 0 Å². The fraction of sp³-hybridized carbons (Fsp3) is 0. The Hall–Kier alpha value is -2.97. The molecule has 2 N–H and O–H groups in total. The van der Waals surface area contributed by atoms with Crippen molar-refractivity contribution in [3.8, 4) is 22.6 Å². The lowest BCUT2D eigenvalue weighted by Crippen LogP contribution is -2.03. The monoisotopic (exact) mass is 614 g/mol. The summed E-state index contributed by atoms with van der Waals surface area (Å²) in [5, 5.41) is 0.170. The molecule has 4 rings (SSSR count). The van der Waals surface area contributed by atoms with Crippen molar-refractivity contribution in [1.29, 1.82) is 0 Å². The topological polar surface area (TPSA) is 152 Å². The fourth-order valence-electron chi connectivity index (χ4n) is 3.42. The number of ether oxygens (including phenoxy) is 1. The van der Waals surface area contributed by atoms with Crippen LogP contribution in [0.5, 0.6) is 11.5 Å². The molecular weight excluding hydrogens is 599 g/mol. The highest BCUT2D eigenvalue weighted by molar-refractivity contribution is 7.91. The molecule has 0 atom stereocenters. The van der Waals surface area contributed by atoms with Crippen molar-refractivity contribution in [2.75, 3.05) is 0 Å². The summed E-state index contributed by atoms with van der Waals surface area (Å²) >= 11 is 11.9. The quantitative estimate of drug-likeness (QED) is 0.247. The van der Waals surface area contributed by atoms with Gasteiger partial charge in [0.25, 0.3) is 20.2 Å². The van der Waals surface area contributed by atoms with Crippen molar-refractivity contribution in [2.45, 2.75) is 19.6 Å². The molecule has 0 amide bonds. The van der Waals surface area contributed by atoms with E-state index in [4.69, 9.17) is 32.5 Å². The molecule has 0 aromatic heterocycles. The van der Waals surface area contributed by atoms with Gasteiger partial charge in [-0.1, -0.05) is 41.4 Å². The van der Waals surface area contributed by atoms with E-state index in [9.17, 15) is 29.8 Å². The van der Waals surface area contributed by atoms with Crippen molar-refractivity contribution in [1.82, 2.24) is 0 Å². The normalized spacial score (nSPS) is 12.3. The van der Waals surface area contributed by atoms with Crippen LogP contribution < -0.4 is 4.74 Å². The van der Waals surface area contributed by atoms with Crippen molar-refractivity contribution in [3.63, 3.8) is 0 Å². The highest BCUT2D eigenvalue weighted by atomic mass is 35.5. The Balaban J connectivity index is 1.66. The van der Waals surface area contributed by atoms with Crippen molar-refractivity contribution < 1.29 is 39.1 Å². The molecule has 0 aliphatic carbocycles. The molecule has 0 bridgehead atoms.